The van der Waals surface area contributed by atoms with Crippen LogP contribution < -0.4 is 5.56 Å². The van der Waals surface area contributed by atoms with Crippen molar-refractivity contribution in [1.82, 2.24) is 19.2 Å². The van der Waals surface area contributed by atoms with E-state index in [0.717, 1.165) is 21.4 Å². The molecule has 0 unspecified atom stereocenters. The zero-order valence-electron chi connectivity index (χ0n) is 13.8. The number of thioether (sulfide) groups is 1. The fourth-order valence-electron chi connectivity index (χ4n) is 2.62. The molecule has 0 N–H and O–H groups in total. The largest absolute Gasteiger partial charge is 0.269 e. The van der Waals surface area contributed by atoms with E-state index in [9.17, 15) is 4.79 Å². The van der Waals surface area contributed by atoms with Crippen molar-refractivity contribution < 1.29 is 0 Å². The Morgan fingerprint density at radius 2 is 1.96 bits per heavy atom. The second kappa shape index (κ2) is 7.14. The van der Waals surface area contributed by atoms with Crippen molar-refractivity contribution in [2.45, 2.75) is 17.0 Å². The molecule has 0 bridgehead atoms. The van der Waals surface area contributed by atoms with Crippen LogP contribution >= 0.6 is 35.3 Å². The van der Waals surface area contributed by atoms with E-state index in [0.29, 0.717) is 15.4 Å². The molecule has 0 amide bonds. The minimum absolute atomic E-state index is 0.0638. The van der Waals surface area contributed by atoms with E-state index < -0.39 is 0 Å². The van der Waals surface area contributed by atoms with Crippen LogP contribution in [0.1, 0.15) is 11.4 Å². The van der Waals surface area contributed by atoms with Gasteiger partial charge in [0.15, 0.2) is 8.29 Å². The SMILES string of the molecule is Cc1cccc2nc(CSc3nn(-c4ccccc4)c(=S)s3)cc(=O)n12. The first kappa shape index (κ1) is 17.1. The third-order valence-corrected chi connectivity index (χ3v) is 6.21. The number of aryl methyl sites for hydroxylation is 1. The highest BCUT2D eigenvalue weighted by Gasteiger charge is 2.09. The van der Waals surface area contributed by atoms with Gasteiger partial charge in [0.1, 0.15) is 5.65 Å². The maximum atomic E-state index is 12.4. The molecule has 5 nitrogen and oxygen atoms in total. The molecule has 4 rings (SSSR count). The minimum atomic E-state index is -0.0638. The Labute approximate surface area is 163 Å². The molecule has 8 heteroatoms. The summed E-state index contributed by atoms with van der Waals surface area (Å²) >= 11 is 8.41. The van der Waals surface area contributed by atoms with Gasteiger partial charge in [0.2, 0.25) is 0 Å². The quantitative estimate of drug-likeness (QED) is 0.379. The monoisotopic (exact) mass is 398 g/mol. The van der Waals surface area contributed by atoms with Crippen LogP contribution in [0.5, 0.6) is 0 Å². The number of nitrogens with zero attached hydrogens (tertiary/aromatic N) is 4. The van der Waals surface area contributed by atoms with Gasteiger partial charge in [-0.15, -0.1) is 5.10 Å². The summed E-state index contributed by atoms with van der Waals surface area (Å²) in [6.07, 6.45) is 0. The number of pyridine rings is 1. The summed E-state index contributed by atoms with van der Waals surface area (Å²) in [6.45, 7) is 1.90. The van der Waals surface area contributed by atoms with Gasteiger partial charge < -0.3 is 0 Å². The molecular weight excluding hydrogens is 384 g/mol. The maximum absolute atomic E-state index is 12.4. The molecule has 0 aliphatic carbocycles. The van der Waals surface area contributed by atoms with Gasteiger partial charge in [-0.3, -0.25) is 9.20 Å². The molecule has 26 heavy (non-hydrogen) atoms. The smallest absolute Gasteiger partial charge is 0.258 e. The minimum Gasteiger partial charge on any atom is -0.269 e. The Balaban J connectivity index is 1.60. The number of hydrogen-bond donors (Lipinski definition) is 0. The van der Waals surface area contributed by atoms with E-state index in [4.69, 9.17) is 12.2 Å². The van der Waals surface area contributed by atoms with Crippen LogP contribution in [-0.4, -0.2) is 19.2 Å². The standard InChI is InChI=1S/C18H14N4OS3/c1-12-6-5-9-15-19-13(10-16(23)21(12)15)11-25-17-20-22(18(24)26-17)14-7-3-2-4-8-14/h2-10H,11H2,1H3. The Hall–Kier alpha value is -2.29. The first-order chi connectivity index (χ1) is 12.6. The zero-order valence-corrected chi connectivity index (χ0v) is 16.3. The average Bonchev–Trinajstić information content (AvgIpc) is 3.01. The highest BCUT2D eigenvalue weighted by molar-refractivity contribution is 8.00. The number of para-hydroxylation sites is 1. The Bertz CT molecular complexity index is 1190. The summed E-state index contributed by atoms with van der Waals surface area (Å²) < 4.78 is 4.92. The van der Waals surface area contributed by atoms with Gasteiger partial charge in [-0.2, -0.15) is 0 Å². The van der Waals surface area contributed by atoms with Crippen LogP contribution in [0.3, 0.4) is 0 Å². The van der Waals surface area contributed by atoms with E-state index in [2.05, 4.69) is 10.1 Å². The van der Waals surface area contributed by atoms with Crippen LogP contribution in [0.25, 0.3) is 11.3 Å². The molecule has 0 aliphatic heterocycles. The normalized spacial score (nSPS) is 11.1. The number of hydrogen-bond acceptors (Lipinski definition) is 6. The highest BCUT2D eigenvalue weighted by Crippen LogP contribution is 2.26. The van der Waals surface area contributed by atoms with Crippen molar-refractivity contribution in [3.63, 3.8) is 0 Å². The van der Waals surface area contributed by atoms with Crippen molar-refractivity contribution >= 4 is 41.0 Å². The molecule has 3 heterocycles. The zero-order chi connectivity index (χ0) is 18.1. The fraction of sp³-hybridized carbons (Fsp3) is 0.111. The molecule has 1 aromatic carbocycles. The van der Waals surface area contributed by atoms with Gasteiger partial charge >= 0.3 is 0 Å². The van der Waals surface area contributed by atoms with Crippen LogP contribution in [0.15, 0.2) is 63.7 Å². The van der Waals surface area contributed by atoms with Crippen LogP contribution in [0.4, 0.5) is 0 Å². The second-order valence-electron chi connectivity index (χ2n) is 5.62. The van der Waals surface area contributed by atoms with Crippen molar-refractivity contribution in [2.75, 3.05) is 0 Å². The highest BCUT2D eigenvalue weighted by atomic mass is 32.2. The molecule has 3 aromatic heterocycles. The molecule has 0 radical (unpaired) electrons. The van der Waals surface area contributed by atoms with Gasteiger partial charge in [-0.05, 0) is 43.4 Å². The number of rotatable bonds is 4. The van der Waals surface area contributed by atoms with Gasteiger partial charge in [0.25, 0.3) is 5.56 Å². The lowest BCUT2D eigenvalue weighted by Crippen LogP contribution is -2.17. The third kappa shape index (κ3) is 3.35. The lowest BCUT2D eigenvalue weighted by molar-refractivity contribution is 0.829. The summed E-state index contributed by atoms with van der Waals surface area (Å²) in [5.74, 6) is 0.566. The van der Waals surface area contributed by atoms with Crippen molar-refractivity contribution in [3.8, 4) is 5.69 Å². The molecule has 0 saturated heterocycles. The summed E-state index contributed by atoms with van der Waals surface area (Å²) in [5, 5.41) is 4.58. The van der Waals surface area contributed by atoms with Crippen LogP contribution in [-0.2, 0) is 5.75 Å². The Morgan fingerprint density at radius 1 is 1.15 bits per heavy atom. The Morgan fingerprint density at radius 3 is 2.77 bits per heavy atom. The lowest BCUT2D eigenvalue weighted by atomic mass is 10.3. The molecular formula is C18H14N4OS3. The predicted octanol–water partition coefficient (Wildman–Crippen LogP) is 4.27. The average molecular weight is 399 g/mol. The summed E-state index contributed by atoms with van der Waals surface area (Å²) in [6, 6.07) is 17.0. The predicted molar refractivity (Wildman–Crippen MR) is 108 cm³/mol. The molecule has 0 atom stereocenters. The van der Waals surface area contributed by atoms with Crippen LogP contribution in [0, 0.1) is 10.9 Å². The van der Waals surface area contributed by atoms with Gasteiger partial charge in [-0.1, -0.05) is 47.4 Å². The van der Waals surface area contributed by atoms with Gasteiger partial charge in [0, 0.05) is 17.5 Å². The molecule has 0 aliphatic rings. The lowest BCUT2D eigenvalue weighted by Gasteiger charge is -2.05. The van der Waals surface area contributed by atoms with Crippen LogP contribution in [0.2, 0.25) is 0 Å². The second-order valence-corrected chi connectivity index (χ2v) is 8.46. The molecule has 0 spiro atoms. The summed E-state index contributed by atoms with van der Waals surface area (Å²) in [5.41, 5.74) is 3.15. The first-order valence-electron chi connectivity index (χ1n) is 7.88. The summed E-state index contributed by atoms with van der Waals surface area (Å²) in [4.78, 5) is 16.9. The van der Waals surface area contributed by atoms with Gasteiger partial charge in [0.05, 0.1) is 11.4 Å². The first-order valence-corrected chi connectivity index (χ1v) is 10.1. The van der Waals surface area contributed by atoms with Crippen molar-refractivity contribution in [3.05, 3.63) is 80.3 Å². The molecule has 4 aromatic rings. The van der Waals surface area contributed by atoms with E-state index in [1.165, 1.54) is 23.1 Å². The molecule has 0 saturated carbocycles. The molecule has 0 fully saturated rings. The van der Waals surface area contributed by atoms with E-state index in [1.807, 2.05) is 55.5 Å². The van der Waals surface area contributed by atoms with E-state index >= 15 is 0 Å². The maximum Gasteiger partial charge on any atom is 0.258 e. The third-order valence-electron chi connectivity index (χ3n) is 3.81. The number of benzene rings is 1. The number of fused-ring (bicyclic) bond motifs is 1. The van der Waals surface area contributed by atoms with E-state index in [1.54, 1.807) is 15.1 Å². The topological polar surface area (TPSA) is 52.2 Å². The van der Waals surface area contributed by atoms with Crippen molar-refractivity contribution in [2.24, 2.45) is 0 Å². The number of aromatic nitrogens is 4. The fourth-order valence-corrected chi connectivity index (χ4v) is 4.88. The van der Waals surface area contributed by atoms with E-state index in [-0.39, 0.29) is 5.56 Å². The summed E-state index contributed by atoms with van der Waals surface area (Å²) in [7, 11) is 0. The van der Waals surface area contributed by atoms with Gasteiger partial charge in [-0.25, -0.2) is 9.67 Å². The van der Waals surface area contributed by atoms with Crippen molar-refractivity contribution in [1.29, 1.82) is 0 Å². The molecule has 130 valence electrons. The Kier molecular flexibility index (Phi) is 4.71.